The zero-order chi connectivity index (χ0) is 33.5. The van der Waals surface area contributed by atoms with Gasteiger partial charge >= 0.3 is 12.1 Å². The summed E-state index contributed by atoms with van der Waals surface area (Å²) in [6.07, 6.45) is 2.39. The number of rotatable bonds is 9. The minimum Gasteiger partial charge on any atom is -0.449 e. The highest BCUT2D eigenvalue weighted by molar-refractivity contribution is 7.16. The molecule has 0 aliphatic carbocycles. The summed E-state index contributed by atoms with van der Waals surface area (Å²) in [6.45, 7) is 6.11. The molecule has 2 aromatic carbocycles. The van der Waals surface area contributed by atoms with Gasteiger partial charge in [-0.2, -0.15) is 11.3 Å². The summed E-state index contributed by atoms with van der Waals surface area (Å²) in [5.74, 6) is 0. The summed E-state index contributed by atoms with van der Waals surface area (Å²) in [5.41, 5.74) is 7.37. The van der Waals surface area contributed by atoms with Gasteiger partial charge in [0.2, 0.25) is 0 Å². The van der Waals surface area contributed by atoms with E-state index in [1.54, 1.807) is 34.0 Å². The van der Waals surface area contributed by atoms with Crippen molar-refractivity contribution < 1.29 is 14.3 Å². The lowest BCUT2D eigenvalue weighted by atomic mass is 10.1. The van der Waals surface area contributed by atoms with Gasteiger partial charge in [-0.25, -0.2) is 9.59 Å². The van der Waals surface area contributed by atoms with E-state index in [1.807, 2.05) is 54.1 Å². The SMILES string of the molecule is CCCOC(=O)Nc1ccc2c(c1)CCN2Cc1ccc(Cl)s1.O=C(Nc1ccsc1)Nc1ccc2c(c1)CCN2Cc1ccc(Cl)s1. The van der Waals surface area contributed by atoms with Crippen LogP contribution in [0, 0.1) is 0 Å². The predicted molar refractivity (Wildman–Crippen MR) is 203 cm³/mol. The molecule has 0 saturated heterocycles. The van der Waals surface area contributed by atoms with E-state index in [9.17, 15) is 9.59 Å². The van der Waals surface area contributed by atoms with Gasteiger partial charge in [-0.05, 0) is 102 Å². The van der Waals surface area contributed by atoms with Gasteiger partial charge in [0.25, 0.3) is 0 Å². The zero-order valence-corrected chi connectivity index (χ0v) is 30.2. The average molecular weight is 741 g/mol. The van der Waals surface area contributed by atoms with Crippen LogP contribution in [0.15, 0.2) is 77.5 Å². The lowest BCUT2D eigenvalue weighted by molar-refractivity contribution is 0.161. The van der Waals surface area contributed by atoms with Gasteiger partial charge < -0.3 is 25.2 Å². The molecule has 48 heavy (non-hydrogen) atoms. The van der Waals surface area contributed by atoms with Crippen molar-refractivity contribution in [3.05, 3.63) is 107 Å². The minimum absolute atomic E-state index is 0.221. The standard InChI is InChI=1S/C18H16ClN3OS2.C17H19ClN2O2S/c19-17-4-2-15(25-17)10-22-7-5-12-9-13(1-3-16(12)22)20-18(23)21-14-6-8-24-11-14;1-2-9-22-17(21)19-13-3-5-15-12(10-13)7-8-20(15)11-14-4-6-16(18)23-14/h1-4,6,8-9,11H,5,7,10H2,(H2,20,21,23);3-6,10H,2,7-9,11H2,1H3,(H,19,21). The van der Waals surface area contributed by atoms with Crippen molar-refractivity contribution in [2.45, 2.75) is 39.3 Å². The van der Waals surface area contributed by atoms with Gasteiger partial charge in [0.1, 0.15) is 0 Å². The van der Waals surface area contributed by atoms with Crippen LogP contribution in [0.2, 0.25) is 8.67 Å². The number of thiophene rings is 3. The van der Waals surface area contributed by atoms with E-state index in [1.165, 1.54) is 32.3 Å². The second-order valence-corrected chi connectivity index (χ2v) is 15.7. The molecular weight excluding hydrogens is 706 g/mol. The van der Waals surface area contributed by atoms with Gasteiger partial charge in [-0.3, -0.25) is 5.32 Å². The molecule has 5 aromatic rings. The Hall–Kier alpha value is -3.74. The number of benzene rings is 2. The first-order chi connectivity index (χ1) is 23.3. The zero-order valence-electron chi connectivity index (χ0n) is 26.3. The van der Waals surface area contributed by atoms with Crippen molar-refractivity contribution >= 4 is 97.8 Å². The molecule has 0 saturated carbocycles. The van der Waals surface area contributed by atoms with Gasteiger partial charge in [-0.1, -0.05) is 30.1 Å². The van der Waals surface area contributed by atoms with Crippen LogP contribution in [0.4, 0.5) is 38.0 Å². The summed E-state index contributed by atoms with van der Waals surface area (Å²) < 4.78 is 6.69. The van der Waals surface area contributed by atoms with E-state index in [2.05, 4.69) is 56.1 Å². The largest absolute Gasteiger partial charge is 0.449 e. The maximum absolute atomic E-state index is 12.0. The molecule has 0 fully saturated rings. The predicted octanol–water partition coefficient (Wildman–Crippen LogP) is 10.6. The molecule has 0 unspecified atom stereocenters. The Bertz CT molecular complexity index is 1860. The van der Waals surface area contributed by atoms with E-state index in [4.69, 9.17) is 27.9 Å². The summed E-state index contributed by atoms with van der Waals surface area (Å²) in [4.78, 5) is 30.9. The smallest absolute Gasteiger partial charge is 0.411 e. The number of hydrogen-bond acceptors (Lipinski definition) is 8. The van der Waals surface area contributed by atoms with Gasteiger partial charge in [0.05, 0.1) is 34.1 Å². The third-order valence-corrected chi connectivity index (χ3v) is 10.9. The summed E-state index contributed by atoms with van der Waals surface area (Å²) in [6, 6.07) is 21.8. The molecule has 2 aliphatic rings. The molecule has 0 atom stereocenters. The Balaban J connectivity index is 0.000000168. The van der Waals surface area contributed by atoms with E-state index in [-0.39, 0.29) is 6.03 Å². The summed E-state index contributed by atoms with van der Waals surface area (Å²) in [5, 5.41) is 12.3. The normalized spacial score (nSPS) is 13.0. The number of carbonyl (C=O) groups is 2. The second kappa shape index (κ2) is 16.1. The molecular formula is C35H35Cl2N5O3S3. The van der Waals surface area contributed by atoms with Gasteiger partial charge in [0.15, 0.2) is 0 Å². The van der Waals surface area contributed by atoms with Crippen LogP contribution in [0.5, 0.6) is 0 Å². The monoisotopic (exact) mass is 739 g/mol. The molecule has 8 nitrogen and oxygen atoms in total. The number of ether oxygens (including phenoxy) is 1. The number of anilines is 5. The first kappa shape index (κ1) is 34.1. The quantitative estimate of drug-likeness (QED) is 0.140. The third kappa shape index (κ3) is 9.03. The first-order valence-corrected chi connectivity index (χ1v) is 18.9. The van der Waals surface area contributed by atoms with Crippen LogP contribution in [0.1, 0.15) is 34.2 Å². The number of fused-ring (bicyclic) bond motifs is 2. The Kier molecular flexibility index (Phi) is 11.5. The lowest BCUT2D eigenvalue weighted by Gasteiger charge is -2.18. The number of halogens is 2. The van der Waals surface area contributed by atoms with E-state index in [0.29, 0.717) is 6.61 Å². The van der Waals surface area contributed by atoms with E-state index < -0.39 is 6.09 Å². The molecule has 3 amide bonds. The van der Waals surface area contributed by atoms with Crippen LogP contribution in [0.25, 0.3) is 0 Å². The van der Waals surface area contributed by atoms with Crippen LogP contribution in [-0.4, -0.2) is 31.8 Å². The summed E-state index contributed by atoms with van der Waals surface area (Å²) >= 11 is 16.8. The fourth-order valence-corrected chi connectivity index (χ4v) is 8.45. The van der Waals surface area contributed by atoms with Gasteiger partial charge in [-0.15, -0.1) is 22.7 Å². The average Bonchev–Trinajstić information content (AvgIpc) is 3.92. The maximum Gasteiger partial charge on any atom is 0.411 e. The van der Waals surface area contributed by atoms with Crippen molar-refractivity contribution in [2.24, 2.45) is 0 Å². The van der Waals surface area contributed by atoms with Crippen molar-refractivity contribution in [3.63, 3.8) is 0 Å². The third-order valence-electron chi connectivity index (χ3n) is 7.81. The maximum atomic E-state index is 12.0. The van der Waals surface area contributed by atoms with E-state index >= 15 is 0 Å². The molecule has 0 bridgehead atoms. The first-order valence-electron chi connectivity index (χ1n) is 15.6. The fraction of sp³-hybridized carbons (Fsp3) is 0.257. The minimum atomic E-state index is -0.394. The topological polar surface area (TPSA) is 85.9 Å². The summed E-state index contributed by atoms with van der Waals surface area (Å²) in [7, 11) is 0. The highest BCUT2D eigenvalue weighted by Gasteiger charge is 2.22. The van der Waals surface area contributed by atoms with Crippen LogP contribution in [0.3, 0.4) is 0 Å². The molecule has 7 rings (SSSR count). The highest BCUT2D eigenvalue weighted by Crippen LogP contribution is 2.35. The number of nitrogens with one attached hydrogen (secondary N) is 3. The fourth-order valence-electron chi connectivity index (χ4n) is 5.65. The van der Waals surface area contributed by atoms with Crippen molar-refractivity contribution in [3.8, 4) is 0 Å². The Morgan fingerprint density at radius 1 is 0.750 bits per heavy atom. The van der Waals surface area contributed by atoms with E-state index in [0.717, 1.165) is 71.2 Å². The van der Waals surface area contributed by atoms with Crippen molar-refractivity contribution in [1.29, 1.82) is 0 Å². The molecule has 3 aromatic heterocycles. The Morgan fingerprint density at radius 2 is 1.31 bits per heavy atom. The molecule has 3 N–H and O–H groups in total. The Morgan fingerprint density at radius 3 is 1.81 bits per heavy atom. The number of nitrogens with zero attached hydrogens (tertiary/aromatic N) is 2. The van der Waals surface area contributed by atoms with Gasteiger partial charge in [0, 0.05) is 51.0 Å². The molecule has 0 spiro atoms. The lowest BCUT2D eigenvalue weighted by Crippen LogP contribution is -2.19. The number of urea groups is 1. The second-order valence-electron chi connectivity index (χ2n) is 11.3. The van der Waals surface area contributed by atoms with Crippen LogP contribution in [-0.2, 0) is 30.7 Å². The Labute approximate surface area is 302 Å². The van der Waals surface area contributed by atoms with Crippen molar-refractivity contribution in [1.82, 2.24) is 0 Å². The highest BCUT2D eigenvalue weighted by atomic mass is 35.5. The molecule has 0 radical (unpaired) electrons. The molecule has 2 aliphatic heterocycles. The van der Waals surface area contributed by atoms with Crippen LogP contribution < -0.4 is 25.8 Å². The van der Waals surface area contributed by atoms with Crippen LogP contribution >= 0.6 is 57.2 Å². The molecule has 5 heterocycles. The van der Waals surface area contributed by atoms with Crippen molar-refractivity contribution in [2.75, 3.05) is 45.4 Å². The number of hydrogen-bond donors (Lipinski definition) is 3. The number of carbonyl (C=O) groups excluding carboxylic acids is 2. The number of amides is 3. The molecule has 250 valence electrons. The molecule has 13 heteroatoms.